The molecule has 4 atom stereocenters. The summed E-state index contributed by atoms with van der Waals surface area (Å²) < 4.78 is 16.0. The van der Waals surface area contributed by atoms with Crippen LogP contribution < -0.4 is 5.19 Å². The van der Waals surface area contributed by atoms with Crippen LogP contribution in [0, 0.1) is 0 Å². The third-order valence-electron chi connectivity index (χ3n) is 10.9. The van der Waals surface area contributed by atoms with E-state index in [2.05, 4.69) is 150 Å². The van der Waals surface area contributed by atoms with Crippen LogP contribution in [0.15, 0.2) is 166 Å². The van der Waals surface area contributed by atoms with Crippen LogP contribution in [0.2, 0.25) is 11.1 Å². The standard InChI is InChI=1S/C43H31NO2Si/c1-43-41(47(30-14-4-2-5-15-30,31-16-6-3-7-17-31)40-23-13-12-22-39(40)46-43)27-25-36-42(43)33-19-8-10-20-35(33)44(36)29-24-26-38-34(28-29)32-18-9-11-21-37(32)45-38/h2-11,14-16,18-28,31,41H,17H2,1H3. The van der Waals surface area contributed by atoms with Gasteiger partial charge in [-0.05, 0) is 66.6 Å². The molecule has 0 N–H and O–H groups in total. The van der Waals surface area contributed by atoms with E-state index < -0.39 is 13.7 Å². The molecule has 0 fully saturated rings. The number of hydrogen-bond acceptors (Lipinski definition) is 2. The van der Waals surface area contributed by atoms with Crippen LogP contribution in [0.3, 0.4) is 0 Å². The van der Waals surface area contributed by atoms with E-state index in [4.69, 9.17) is 9.15 Å². The summed E-state index contributed by atoms with van der Waals surface area (Å²) in [7, 11) is -2.62. The fraction of sp³-hybridized carbons (Fsp3) is 0.116. The van der Waals surface area contributed by atoms with E-state index >= 15 is 0 Å². The van der Waals surface area contributed by atoms with Crippen LogP contribution in [0.4, 0.5) is 0 Å². The van der Waals surface area contributed by atoms with Crippen LogP contribution in [0.1, 0.15) is 24.6 Å². The summed E-state index contributed by atoms with van der Waals surface area (Å²) in [5, 5.41) is 6.21. The van der Waals surface area contributed by atoms with Crippen molar-refractivity contribution < 1.29 is 9.15 Å². The molecular weight excluding hydrogens is 591 g/mol. The third kappa shape index (κ3) is 3.52. The maximum atomic E-state index is 7.35. The van der Waals surface area contributed by atoms with Gasteiger partial charge in [-0.1, -0.05) is 114 Å². The van der Waals surface area contributed by atoms with E-state index in [1.807, 2.05) is 18.2 Å². The van der Waals surface area contributed by atoms with Crippen molar-refractivity contribution in [2.24, 2.45) is 0 Å². The number of aromatic nitrogens is 1. The molecule has 47 heavy (non-hydrogen) atoms. The summed E-state index contributed by atoms with van der Waals surface area (Å²) in [5.74, 6) is 0.936. The van der Waals surface area contributed by atoms with Gasteiger partial charge in [0.15, 0.2) is 0 Å². The Bertz CT molecular complexity index is 2530. The van der Waals surface area contributed by atoms with Crippen LogP contribution in [-0.2, 0) is 10.3 Å². The highest BCUT2D eigenvalue weighted by molar-refractivity contribution is 7.01. The largest absolute Gasteiger partial charge is 0.482 e. The summed E-state index contributed by atoms with van der Waals surface area (Å²) in [6.45, 7) is 2.34. The number of rotatable bonds is 3. The van der Waals surface area contributed by atoms with Gasteiger partial charge in [0.1, 0.15) is 30.6 Å². The first-order chi connectivity index (χ1) is 23.2. The molecule has 4 aliphatic rings. The topological polar surface area (TPSA) is 27.3 Å². The zero-order valence-electron chi connectivity index (χ0n) is 26.0. The molecule has 3 aliphatic carbocycles. The number of hydrogen-bond donors (Lipinski definition) is 0. The molecule has 2 aromatic heterocycles. The summed E-state index contributed by atoms with van der Waals surface area (Å²) in [4.78, 5) is 0. The Morgan fingerprint density at radius 3 is 2.45 bits per heavy atom. The maximum absolute atomic E-state index is 7.35. The van der Waals surface area contributed by atoms with Gasteiger partial charge in [-0.25, -0.2) is 0 Å². The van der Waals surface area contributed by atoms with Gasteiger partial charge in [0, 0.05) is 39.0 Å². The Labute approximate surface area is 274 Å². The summed E-state index contributed by atoms with van der Waals surface area (Å²) in [6, 6.07) is 35.0. The normalized spacial score (nSPS) is 25.4. The molecule has 0 amide bonds. The van der Waals surface area contributed by atoms with Crippen molar-refractivity contribution in [3.8, 4) is 5.69 Å². The van der Waals surface area contributed by atoms with Gasteiger partial charge in [-0.2, -0.15) is 0 Å². The van der Waals surface area contributed by atoms with Crippen LogP contribution in [0.5, 0.6) is 0 Å². The molecule has 0 saturated carbocycles. The molecule has 4 heteroatoms. The summed E-state index contributed by atoms with van der Waals surface area (Å²) in [6.07, 6.45) is 19.3. The molecule has 4 unspecified atom stereocenters. The van der Waals surface area contributed by atoms with Crippen molar-refractivity contribution in [3.63, 3.8) is 0 Å². The minimum atomic E-state index is -2.62. The highest BCUT2D eigenvalue weighted by Crippen LogP contribution is 2.61. The molecule has 224 valence electrons. The monoisotopic (exact) mass is 621 g/mol. The van der Waals surface area contributed by atoms with E-state index in [0.29, 0.717) is 5.54 Å². The molecule has 10 rings (SSSR count). The molecular formula is C43H31NO2Si. The predicted molar refractivity (Wildman–Crippen MR) is 193 cm³/mol. The summed E-state index contributed by atoms with van der Waals surface area (Å²) in [5.41, 5.74) is 13.0. The average Bonchev–Trinajstić information content (AvgIpc) is 3.67. The van der Waals surface area contributed by atoms with E-state index in [1.54, 1.807) is 0 Å². The Kier molecular flexibility index (Phi) is 5.54. The number of furan rings is 1. The van der Waals surface area contributed by atoms with Gasteiger partial charge >= 0.3 is 0 Å². The van der Waals surface area contributed by atoms with Crippen LogP contribution in [0.25, 0.3) is 44.6 Å². The second-order valence-corrected chi connectivity index (χ2v) is 17.4. The lowest BCUT2D eigenvalue weighted by Crippen LogP contribution is -2.64. The van der Waals surface area contributed by atoms with Crippen LogP contribution >= 0.6 is 0 Å². The molecule has 0 saturated heterocycles. The minimum Gasteiger partial charge on any atom is -0.482 e. The zero-order valence-corrected chi connectivity index (χ0v) is 27.0. The summed E-state index contributed by atoms with van der Waals surface area (Å²) >= 11 is 0. The lowest BCUT2D eigenvalue weighted by molar-refractivity contribution is 0.0160. The smallest absolute Gasteiger partial charge is 0.141 e. The lowest BCUT2D eigenvalue weighted by Gasteiger charge is -2.56. The van der Waals surface area contributed by atoms with Crippen molar-refractivity contribution in [1.82, 2.24) is 4.57 Å². The molecule has 1 aliphatic heterocycles. The molecule has 3 heterocycles. The molecule has 3 nitrogen and oxygen atoms in total. The average molecular weight is 622 g/mol. The van der Waals surface area contributed by atoms with E-state index in [-0.39, 0.29) is 5.54 Å². The fourth-order valence-corrected chi connectivity index (χ4v) is 15.4. The van der Waals surface area contributed by atoms with E-state index in [0.717, 1.165) is 39.8 Å². The predicted octanol–water partition coefficient (Wildman–Crippen LogP) is 10.1. The number of fused-ring (bicyclic) bond motifs is 8. The van der Waals surface area contributed by atoms with Crippen molar-refractivity contribution in [2.45, 2.75) is 30.0 Å². The lowest BCUT2D eigenvalue weighted by atomic mass is 9.84. The quantitative estimate of drug-likeness (QED) is 0.145. The Morgan fingerprint density at radius 2 is 1.57 bits per heavy atom. The van der Waals surface area contributed by atoms with Gasteiger partial charge in [0.25, 0.3) is 0 Å². The van der Waals surface area contributed by atoms with E-state index in [9.17, 15) is 0 Å². The second kappa shape index (κ2) is 9.75. The first kappa shape index (κ1) is 26.7. The van der Waals surface area contributed by atoms with Crippen LogP contribution in [-0.4, -0.2) is 12.6 Å². The maximum Gasteiger partial charge on any atom is 0.141 e. The number of para-hydroxylation sites is 2. The van der Waals surface area contributed by atoms with E-state index in [1.165, 1.54) is 32.5 Å². The van der Waals surface area contributed by atoms with Gasteiger partial charge < -0.3 is 13.7 Å². The SMILES string of the molecule is CC12OC3=C(C=C=C=C3)[Si](c3ccccc3)(C3C=CC=CC3)C1C=Cc1c2c2ccccc2n1-c1ccc2oc3ccccc3c2c1. The number of nitrogens with zero attached hydrogens (tertiary/aromatic N) is 1. The third-order valence-corrected chi connectivity index (χ3v) is 16.8. The second-order valence-electron chi connectivity index (χ2n) is 13.2. The van der Waals surface area contributed by atoms with Gasteiger partial charge in [-0.3, -0.25) is 0 Å². The zero-order chi connectivity index (χ0) is 31.2. The molecule has 0 radical (unpaired) electrons. The number of ether oxygens (including phenoxy) is 1. The van der Waals surface area contributed by atoms with Crippen molar-refractivity contribution in [3.05, 3.63) is 173 Å². The Hall–Kier alpha value is -5.50. The van der Waals surface area contributed by atoms with Crippen molar-refractivity contribution in [2.75, 3.05) is 0 Å². The van der Waals surface area contributed by atoms with Crippen molar-refractivity contribution in [1.29, 1.82) is 0 Å². The molecule has 4 aromatic carbocycles. The first-order valence-corrected chi connectivity index (χ1v) is 18.6. The highest BCUT2D eigenvalue weighted by atomic mass is 28.3. The highest BCUT2D eigenvalue weighted by Gasteiger charge is 2.63. The van der Waals surface area contributed by atoms with Gasteiger partial charge in [0.05, 0.1) is 11.2 Å². The van der Waals surface area contributed by atoms with Gasteiger partial charge in [-0.15, -0.1) is 0 Å². The molecule has 0 spiro atoms. The number of allylic oxidation sites excluding steroid dienone is 7. The number of benzene rings is 4. The minimum absolute atomic E-state index is 0.133. The molecule has 6 aromatic rings. The Morgan fingerprint density at radius 1 is 0.787 bits per heavy atom. The van der Waals surface area contributed by atoms with Crippen molar-refractivity contribution >= 4 is 52.2 Å². The Balaban J connectivity index is 1.27. The first-order valence-electron chi connectivity index (χ1n) is 16.4. The fourth-order valence-electron chi connectivity index (χ4n) is 9.08. The molecule has 0 bridgehead atoms. The van der Waals surface area contributed by atoms with Gasteiger partial charge in [0.2, 0.25) is 0 Å².